The molecule has 0 amide bonds. The molecule has 1 aliphatic rings. The summed E-state index contributed by atoms with van der Waals surface area (Å²) in [5.74, 6) is 0.0812. The number of Topliss-reactive ketones (excluding diaryl/α,β-unsaturated/α-hetero) is 1. The molecular formula is C19H14O. The maximum atomic E-state index is 12.3. The third-order valence-electron chi connectivity index (χ3n) is 3.21. The Hall–Kier alpha value is -2.67. The Kier molecular flexibility index (Phi) is 3.42. The van der Waals surface area contributed by atoms with Crippen molar-refractivity contribution in [1.29, 1.82) is 0 Å². The number of hydrogen-bond acceptors (Lipinski definition) is 1. The molecule has 1 aliphatic carbocycles. The van der Waals surface area contributed by atoms with Crippen LogP contribution in [0, 0.1) is 0 Å². The number of carbonyl (C=O) groups excluding carboxylic acids is 1. The van der Waals surface area contributed by atoms with Crippen LogP contribution < -0.4 is 0 Å². The number of rotatable bonds is 2. The normalized spacial score (nSPS) is 18.1. The van der Waals surface area contributed by atoms with Gasteiger partial charge in [-0.05, 0) is 23.3 Å². The summed E-state index contributed by atoms with van der Waals surface area (Å²) in [7, 11) is 0. The largest absolute Gasteiger partial charge is 0.289 e. The summed E-state index contributed by atoms with van der Waals surface area (Å²) in [5, 5.41) is 0. The van der Waals surface area contributed by atoms with Crippen molar-refractivity contribution in [3.63, 3.8) is 0 Å². The fourth-order valence-electron chi connectivity index (χ4n) is 2.18. The van der Waals surface area contributed by atoms with Crippen LogP contribution in [0.2, 0.25) is 0 Å². The summed E-state index contributed by atoms with van der Waals surface area (Å²) < 4.78 is 0. The van der Waals surface area contributed by atoms with Crippen molar-refractivity contribution in [2.45, 2.75) is 0 Å². The molecule has 0 bridgehead atoms. The van der Waals surface area contributed by atoms with Gasteiger partial charge in [0.2, 0.25) is 0 Å². The molecule has 0 fully saturated rings. The second-order valence-electron chi connectivity index (χ2n) is 4.68. The molecule has 0 aromatic heterocycles. The van der Waals surface area contributed by atoms with E-state index in [-0.39, 0.29) is 5.78 Å². The number of ketones is 1. The van der Waals surface area contributed by atoms with E-state index in [1.165, 1.54) is 0 Å². The lowest BCUT2D eigenvalue weighted by Gasteiger charge is -1.97. The summed E-state index contributed by atoms with van der Waals surface area (Å²) in [6.07, 6.45) is 7.60. The van der Waals surface area contributed by atoms with Crippen LogP contribution in [-0.4, -0.2) is 5.78 Å². The molecule has 0 unspecified atom stereocenters. The third kappa shape index (κ3) is 2.67. The van der Waals surface area contributed by atoms with Gasteiger partial charge in [-0.25, -0.2) is 0 Å². The summed E-state index contributed by atoms with van der Waals surface area (Å²) in [5.41, 5.74) is 3.56. The van der Waals surface area contributed by atoms with E-state index >= 15 is 0 Å². The fourth-order valence-corrected chi connectivity index (χ4v) is 2.18. The van der Waals surface area contributed by atoms with E-state index in [1.54, 1.807) is 0 Å². The highest BCUT2D eigenvalue weighted by Gasteiger charge is 2.16. The average Bonchev–Trinajstić information content (AvgIpc) is 2.83. The van der Waals surface area contributed by atoms with Crippen molar-refractivity contribution >= 4 is 17.9 Å². The van der Waals surface area contributed by atoms with Gasteiger partial charge in [0.05, 0.1) is 0 Å². The first-order valence-electron chi connectivity index (χ1n) is 6.59. The van der Waals surface area contributed by atoms with E-state index < -0.39 is 0 Å². The van der Waals surface area contributed by atoms with Gasteiger partial charge in [-0.15, -0.1) is 0 Å². The summed E-state index contributed by atoms with van der Waals surface area (Å²) >= 11 is 0. The minimum absolute atomic E-state index is 0.0812. The first-order chi connectivity index (χ1) is 9.83. The van der Waals surface area contributed by atoms with Gasteiger partial charge in [0.1, 0.15) is 0 Å². The van der Waals surface area contributed by atoms with Gasteiger partial charge < -0.3 is 0 Å². The molecule has 2 aromatic rings. The molecule has 1 heteroatoms. The zero-order chi connectivity index (χ0) is 13.8. The highest BCUT2D eigenvalue weighted by Crippen LogP contribution is 2.22. The summed E-state index contributed by atoms with van der Waals surface area (Å²) in [6, 6.07) is 19.8. The molecule has 96 valence electrons. The highest BCUT2D eigenvalue weighted by molar-refractivity contribution is 6.19. The highest BCUT2D eigenvalue weighted by atomic mass is 16.1. The smallest absolute Gasteiger partial charge is 0.193 e. The predicted molar refractivity (Wildman–Crippen MR) is 83.0 cm³/mol. The topological polar surface area (TPSA) is 17.1 Å². The first kappa shape index (κ1) is 12.4. The van der Waals surface area contributed by atoms with Crippen LogP contribution in [0.4, 0.5) is 0 Å². The van der Waals surface area contributed by atoms with Gasteiger partial charge in [-0.3, -0.25) is 4.79 Å². The van der Waals surface area contributed by atoms with E-state index in [1.807, 2.05) is 85.0 Å². The molecule has 0 spiro atoms. The number of hydrogen-bond donors (Lipinski definition) is 0. The van der Waals surface area contributed by atoms with Crippen LogP contribution in [-0.2, 0) is 4.79 Å². The standard InChI is InChI=1S/C19H14O/c20-19-17(13-15-7-3-1-4-8-15)11-12-18(19)14-16-9-5-2-6-10-16/h1-14H. The maximum Gasteiger partial charge on any atom is 0.193 e. The second-order valence-corrected chi connectivity index (χ2v) is 4.68. The van der Waals surface area contributed by atoms with E-state index in [9.17, 15) is 4.79 Å². The molecule has 0 saturated heterocycles. The van der Waals surface area contributed by atoms with Crippen LogP contribution >= 0.6 is 0 Å². The quantitative estimate of drug-likeness (QED) is 0.734. The van der Waals surface area contributed by atoms with Gasteiger partial charge >= 0.3 is 0 Å². The molecule has 0 N–H and O–H groups in total. The van der Waals surface area contributed by atoms with Crippen LogP contribution in [0.3, 0.4) is 0 Å². The lowest BCUT2D eigenvalue weighted by molar-refractivity contribution is -0.111. The third-order valence-corrected chi connectivity index (χ3v) is 3.21. The maximum absolute atomic E-state index is 12.3. The number of allylic oxidation sites excluding steroid dienone is 4. The minimum Gasteiger partial charge on any atom is -0.289 e. The van der Waals surface area contributed by atoms with Gasteiger partial charge in [0.25, 0.3) is 0 Å². The molecule has 1 nitrogen and oxygen atoms in total. The van der Waals surface area contributed by atoms with Crippen LogP contribution in [0.5, 0.6) is 0 Å². The SMILES string of the molecule is O=C1C(=Cc2ccccc2)C=CC1=Cc1ccccc1. The molecule has 0 atom stereocenters. The zero-order valence-corrected chi connectivity index (χ0v) is 11.0. The Labute approximate surface area is 118 Å². The average molecular weight is 258 g/mol. The number of carbonyl (C=O) groups is 1. The summed E-state index contributed by atoms with van der Waals surface area (Å²) in [6.45, 7) is 0. The van der Waals surface area contributed by atoms with E-state index in [4.69, 9.17) is 0 Å². The molecule has 0 aliphatic heterocycles. The van der Waals surface area contributed by atoms with Gasteiger partial charge in [0, 0.05) is 11.1 Å². The Bertz CT molecular complexity index is 642. The Morgan fingerprint density at radius 2 is 1.00 bits per heavy atom. The van der Waals surface area contributed by atoms with Crippen LogP contribution in [0.15, 0.2) is 84.0 Å². The van der Waals surface area contributed by atoms with Gasteiger partial charge in [-0.2, -0.15) is 0 Å². The van der Waals surface area contributed by atoms with Crippen molar-refractivity contribution in [2.75, 3.05) is 0 Å². The molecular weight excluding hydrogens is 244 g/mol. The molecule has 2 aromatic carbocycles. The van der Waals surface area contributed by atoms with Gasteiger partial charge in [0.15, 0.2) is 5.78 Å². The molecule has 0 heterocycles. The monoisotopic (exact) mass is 258 g/mol. The first-order valence-corrected chi connectivity index (χ1v) is 6.59. The summed E-state index contributed by atoms with van der Waals surface area (Å²) in [4.78, 5) is 12.3. The van der Waals surface area contributed by atoms with Crippen LogP contribution in [0.1, 0.15) is 11.1 Å². The lowest BCUT2D eigenvalue weighted by Crippen LogP contribution is -1.96. The predicted octanol–water partition coefficient (Wildman–Crippen LogP) is 4.29. The van der Waals surface area contributed by atoms with Crippen molar-refractivity contribution in [3.8, 4) is 0 Å². The van der Waals surface area contributed by atoms with Crippen molar-refractivity contribution < 1.29 is 4.79 Å². The molecule has 3 rings (SSSR count). The Morgan fingerprint density at radius 3 is 1.40 bits per heavy atom. The Balaban J connectivity index is 1.87. The van der Waals surface area contributed by atoms with E-state index in [0.717, 1.165) is 22.3 Å². The van der Waals surface area contributed by atoms with Crippen molar-refractivity contribution in [1.82, 2.24) is 0 Å². The Morgan fingerprint density at radius 1 is 0.600 bits per heavy atom. The molecule has 20 heavy (non-hydrogen) atoms. The lowest BCUT2D eigenvalue weighted by atomic mass is 10.1. The van der Waals surface area contributed by atoms with Gasteiger partial charge in [-0.1, -0.05) is 72.8 Å². The molecule has 0 saturated carbocycles. The van der Waals surface area contributed by atoms with E-state index in [0.29, 0.717) is 0 Å². The van der Waals surface area contributed by atoms with Crippen LogP contribution in [0.25, 0.3) is 12.2 Å². The molecule has 0 radical (unpaired) electrons. The minimum atomic E-state index is 0.0812. The fraction of sp³-hybridized carbons (Fsp3) is 0. The van der Waals surface area contributed by atoms with Crippen molar-refractivity contribution in [3.05, 3.63) is 95.1 Å². The van der Waals surface area contributed by atoms with Crippen molar-refractivity contribution in [2.24, 2.45) is 0 Å². The zero-order valence-electron chi connectivity index (χ0n) is 11.0. The van der Waals surface area contributed by atoms with E-state index in [2.05, 4.69) is 0 Å². The number of benzene rings is 2. The second kappa shape index (κ2) is 5.54.